The summed E-state index contributed by atoms with van der Waals surface area (Å²) < 4.78 is 10.6. The van der Waals surface area contributed by atoms with Gasteiger partial charge in [-0.05, 0) is 85.4 Å². The molecule has 0 heterocycles. The average Bonchev–Trinajstić information content (AvgIpc) is 2.91. The highest BCUT2D eigenvalue weighted by Crippen LogP contribution is 2.25. The zero-order valence-electron chi connectivity index (χ0n) is 21.1. The third-order valence-corrected chi connectivity index (χ3v) is 6.75. The van der Waals surface area contributed by atoms with E-state index in [1.165, 1.54) is 19.1 Å². The van der Waals surface area contributed by atoms with Gasteiger partial charge in [-0.15, -0.1) is 11.8 Å². The Kier molecular flexibility index (Phi) is 11.4. The normalized spacial score (nSPS) is 10.6. The molecule has 0 spiro atoms. The van der Waals surface area contributed by atoms with E-state index in [2.05, 4.69) is 29.6 Å². The molecule has 0 saturated heterocycles. The van der Waals surface area contributed by atoms with Gasteiger partial charge in [0.25, 0.3) is 0 Å². The topological polar surface area (TPSA) is 64.6 Å². The third kappa shape index (κ3) is 9.42. The predicted molar refractivity (Wildman–Crippen MR) is 147 cm³/mol. The summed E-state index contributed by atoms with van der Waals surface area (Å²) in [6.45, 7) is 0.712. The van der Waals surface area contributed by atoms with Crippen LogP contribution in [0.5, 0.6) is 5.75 Å². The third-order valence-electron chi connectivity index (χ3n) is 5.91. The second-order valence-corrected chi connectivity index (χ2v) is 9.46. The highest BCUT2D eigenvalue weighted by molar-refractivity contribution is 7.98. The van der Waals surface area contributed by atoms with Crippen LogP contribution in [0.15, 0.2) is 77.7 Å². The molecule has 0 aliphatic heterocycles. The molecule has 3 aromatic rings. The Morgan fingerprint density at radius 3 is 2.33 bits per heavy atom. The van der Waals surface area contributed by atoms with E-state index >= 15 is 0 Å². The summed E-state index contributed by atoms with van der Waals surface area (Å²) >= 11 is 1.56. The number of esters is 1. The second-order valence-electron chi connectivity index (χ2n) is 8.62. The Hall–Kier alpha value is -3.25. The van der Waals surface area contributed by atoms with Crippen LogP contribution in [-0.2, 0) is 33.6 Å². The average molecular weight is 506 g/mol. The van der Waals surface area contributed by atoms with Gasteiger partial charge < -0.3 is 14.8 Å². The molecule has 3 aromatic carbocycles. The number of ether oxygens (including phenoxy) is 2. The number of carbonyl (C=O) groups excluding carboxylic acids is 2. The lowest BCUT2D eigenvalue weighted by molar-refractivity contribution is -0.139. The van der Waals surface area contributed by atoms with Crippen LogP contribution in [0.3, 0.4) is 0 Å². The Morgan fingerprint density at radius 1 is 0.861 bits per heavy atom. The van der Waals surface area contributed by atoms with Crippen molar-refractivity contribution in [2.75, 3.05) is 25.3 Å². The molecule has 3 rings (SSSR count). The number of rotatable bonds is 14. The molecule has 0 aliphatic carbocycles. The lowest BCUT2D eigenvalue weighted by Crippen LogP contribution is -2.13. The van der Waals surface area contributed by atoms with Crippen molar-refractivity contribution in [1.82, 2.24) is 0 Å². The first-order valence-electron chi connectivity index (χ1n) is 12.4. The highest BCUT2D eigenvalue weighted by atomic mass is 32.2. The molecular weight excluding hydrogens is 470 g/mol. The molecule has 0 aromatic heterocycles. The Bertz CT molecular complexity index is 1100. The minimum Gasteiger partial charge on any atom is -0.494 e. The first-order valence-corrected chi connectivity index (χ1v) is 13.6. The standard InChI is InChI=1S/C30H35NO4S/c1-34-30(33)22-25-21-26(15-18-28(25)36-2)31-29(32)19-14-24-12-16-27(17-13-24)35-20-8-4-7-11-23-9-5-3-6-10-23/h3,5-6,9-10,12-13,15-18,21H,4,7-8,11,14,19-20,22H2,1-2H3,(H,31,32). The summed E-state index contributed by atoms with van der Waals surface area (Å²) in [7, 11) is 1.37. The number of anilines is 1. The van der Waals surface area contributed by atoms with Gasteiger partial charge in [-0.25, -0.2) is 0 Å². The predicted octanol–water partition coefficient (Wildman–Crippen LogP) is 6.49. The molecule has 6 heteroatoms. The molecule has 0 bridgehead atoms. The second kappa shape index (κ2) is 15.0. The molecule has 0 fully saturated rings. The van der Waals surface area contributed by atoms with Gasteiger partial charge in [0.05, 0.1) is 20.1 Å². The van der Waals surface area contributed by atoms with Crippen molar-refractivity contribution in [3.8, 4) is 5.75 Å². The minimum atomic E-state index is -0.302. The zero-order valence-corrected chi connectivity index (χ0v) is 21.9. The molecule has 1 amide bonds. The quantitative estimate of drug-likeness (QED) is 0.154. The summed E-state index contributed by atoms with van der Waals surface area (Å²) in [5, 5.41) is 2.94. The van der Waals surface area contributed by atoms with Gasteiger partial charge in [0.15, 0.2) is 0 Å². The van der Waals surface area contributed by atoms with Gasteiger partial charge in [0.1, 0.15) is 5.75 Å². The number of thioether (sulfide) groups is 1. The fourth-order valence-corrected chi connectivity index (χ4v) is 4.50. The van der Waals surface area contributed by atoms with Crippen molar-refractivity contribution >= 4 is 29.3 Å². The molecule has 0 unspecified atom stereocenters. The van der Waals surface area contributed by atoms with E-state index in [9.17, 15) is 9.59 Å². The van der Waals surface area contributed by atoms with Crippen LogP contribution in [0.25, 0.3) is 0 Å². The summed E-state index contributed by atoms with van der Waals surface area (Å²) in [6, 6.07) is 24.2. The van der Waals surface area contributed by atoms with Gasteiger partial charge >= 0.3 is 5.97 Å². The summed E-state index contributed by atoms with van der Waals surface area (Å²) in [6.07, 6.45) is 7.61. The first kappa shape index (κ1) is 27.3. The summed E-state index contributed by atoms with van der Waals surface area (Å²) in [5.74, 6) is 0.495. The van der Waals surface area contributed by atoms with E-state index in [0.717, 1.165) is 41.0 Å². The fourth-order valence-electron chi connectivity index (χ4n) is 3.90. The lowest BCUT2D eigenvalue weighted by atomic mass is 10.1. The number of carbonyl (C=O) groups is 2. The molecule has 36 heavy (non-hydrogen) atoms. The van der Waals surface area contributed by atoms with Crippen LogP contribution in [0.1, 0.15) is 42.4 Å². The molecule has 5 nitrogen and oxygen atoms in total. The Balaban J connectivity index is 1.36. The van der Waals surface area contributed by atoms with E-state index in [-0.39, 0.29) is 18.3 Å². The van der Waals surface area contributed by atoms with Gasteiger partial charge in [-0.1, -0.05) is 42.5 Å². The SMILES string of the molecule is COC(=O)Cc1cc(NC(=O)CCc2ccc(OCCCCCc3ccccc3)cc2)ccc1SC. The van der Waals surface area contributed by atoms with Gasteiger partial charge in [0.2, 0.25) is 5.91 Å². The summed E-state index contributed by atoms with van der Waals surface area (Å²) in [5.41, 5.74) is 4.01. The van der Waals surface area contributed by atoms with E-state index in [1.807, 2.05) is 54.8 Å². The largest absolute Gasteiger partial charge is 0.494 e. The van der Waals surface area contributed by atoms with E-state index in [0.29, 0.717) is 25.1 Å². The first-order chi connectivity index (χ1) is 17.6. The molecule has 190 valence electrons. The number of nitrogens with one attached hydrogen (secondary N) is 1. The van der Waals surface area contributed by atoms with Crippen LogP contribution in [0.4, 0.5) is 5.69 Å². The van der Waals surface area contributed by atoms with Crippen molar-refractivity contribution in [3.05, 3.63) is 89.5 Å². The van der Waals surface area contributed by atoms with Gasteiger partial charge in [-0.2, -0.15) is 0 Å². The molecule has 0 aliphatic rings. The lowest BCUT2D eigenvalue weighted by Gasteiger charge is -2.11. The van der Waals surface area contributed by atoms with E-state index in [1.54, 1.807) is 11.8 Å². The molecule has 0 radical (unpaired) electrons. The van der Waals surface area contributed by atoms with E-state index < -0.39 is 0 Å². The van der Waals surface area contributed by atoms with Gasteiger partial charge in [0, 0.05) is 17.0 Å². The van der Waals surface area contributed by atoms with Crippen LogP contribution >= 0.6 is 11.8 Å². The number of aryl methyl sites for hydroxylation is 2. The maximum Gasteiger partial charge on any atom is 0.310 e. The number of hydrogen-bond donors (Lipinski definition) is 1. The van der Waals surface area contributed by atoms with Crippen LogP contribution < -0.4 is 10.1 Å². The van der Waals surface area contributed by atoms with Crippen molar-refractivity contribution in [2.45, 2.75) is 49.8 Å². The van der Waals surface area contributed by atoms with E-state index in [4.69, 9.17) is 9.47 Å². The Labute approximate surface area is 218 Å². The van der Waals surface area contributed by atoms with Crippen LogP contribution in [0, 0.1) is 0 Å². The molecular formula is C30H35NO4S. The van der Waals surface area contributed by atoms with Crippen LogP contribution in [0.2, 0.25) is 0 Å². The summed E-state index contributed by atoms with van der Waals surface area (Å²) in [4.78, 5) is 25.2. The molecule has 0 saturated carbocycles. The number of unbranched alkanes of at least 4 members (excludes halogenated alkanes) is 2. The Morgan fingerprint density at radius 2 is 1.61 bits per heavy atom. The molecule has 1 N–H and O–H groups in total. The van der Waals surface area contributed by atoms with Crippen molar-refractivity contribution in [2.24, 2.45) is 0 Å². The smallest absolute Gasteiger partial charge is 0.310 e. The van der Waals surface area contributed by atoms with Crippen molar-refractivity contribution in [3.63, 3.8) is 0 Å². The fraction of sp³-hybridized carbons (Fsp3) is 0.333. The number of methoxy groups -OCH3 is 1. The van der Waals surface area contributed by atoms with Crippen molar-refractivity contribution < 1.29 is 19.1 Å². The number of benzene rings is 3. The van der Waals surface area contributed by atoms with Crippen molar-refractivity contribution in [1.29, 1.82) is 0 Å². The van der Waals surface area contributed by atoms with Crippen LogP contribution in [-0.4, -0.2) is 31.8 Å². The number of amides is 1. The monoisotopic (exact) mass is 505 g/mol. The highest BCUT2D eigenvalue weighted by Gasteiger charge is 2.11. The van der Waals surface area contributed by atoms with Gasteiger partial charge in [-0.3, -0.25) is 9.59 Å². The maximum absolute atomic E-state index is 12.5. The minimum absolute atomic E-state index is 0.0632. The number of hydrogen-bond acceptors (Lipinski definition) is 5. The zero-order chi connectivity index (χ0) is 25.6. The molecule has 0 atom stereocenters. The maximum atomic E-state index is 12.5.